The van der Waals surface area contributed by atoms with Gasteiger partial charge in [0, 0.05) is 28.6 Å². The van der Waals surface area contributed by atoms with Gasteiger partial charge in [-0.2, -0.15) is 0 Å². The van der Waals surface area contributed by atoms with Gasteiger partial charge in [-0.25, -0.2) is 0 Å². The Kier molecular flexibility index (Phi) is 16.8. The normalized spacial score (nSPS) is 15.8. The summed E-state index contributed by atoms with van der Waals surface area (Å²) in [5, 5.41) is 0. The van der Waals surface area contributed by atoms with Gasteiger partial charge in [0.25, 0.3) is 0 Å². The van der Waals surface area contributed by atoms with Crippen LogP contribution in [0.3, 0.4) is 0 Å². The van der Waals surface area contributed by atoms with Crippen LogP contribution in [-0.2, 0) is 5.41 Å². The van der Waals surface area contributed by atoms with Crippen molar-refractivity contribution in [3.05, 3.63) is 129 Å². The molecule has 2 atom stereocenters. The molecule has 0 spiro atoms. The van der Waals surface area contributed by atoms with Crippen LogP contribution < -0.4 is 11.5 Å². The van der Waals surface area contributed by atoms with Crippen LogP contribution in [0, 0.1) is 19.8 Å². The lowest BCUT2D eigenvalue weighted by Gasteiger charge is -2.45. The quantitative estimate of drug-likeness (QED) is 0.0623. The number of aryl methyl sites for hydroxylation is 2. The van der Waals surface area contributed by atoms with Crippen LogP contribution in [0.5, 0.6) is 0 Å². The summed E-state index contributed by atoms with van der Waals surface area (Å²) in [6.07, 6.45) is 25.9. The van der Waals surface area contributed by atoms with Crippen molar-refractivity contribution < 1.29 is 0 Å². The van der Waals surface area contributed by atoms with Crippen molar-refractivity contribution >= 4 is 11.4 Å². The second kappa shape index (κ2) is 21.7. The van der Waals surface area contributed by atoms with Crippen molar-refractivity contribution in [3.8, 4) is 0 Å². The summed E-state index contributed by atoms with van der Waals surface area (Å²) in [6, 6.07) is 33.5. The van der Waals surface area contributed by atoms with Gasteiger partial charge in [0.2, 0.25) is 0 Å². The molecule has 0 aromatic heterocycles. The molecule has 0 aliphatic heterocycles. The summed E-state index contributed by atoms with van der Waals surface area (Å²) in [6.45, 7) is 11.4. The Morgan fingerprint density at radius 1 is 0.509 bits per heavy atom. The van der Waals surface area contributed by atoms with Crippen molar-refractivity contribution in [2.45, 2.75) is 180 Å². The van der Waals surface area contributed by atoms with Gasteiger partial charge in [-0.1, -0.05) is 178 Å². The Hall–Kier alpha value is -3.52. The molecule has 1 fully saturated rings. The van der Waals surface area contributed by atoms with Crippen molar-refractivity contribution in [3.63, 3.8) is 0 Å². The monoisotopic (exact) mass is 741 g/mol. The summed E-state index contributed by atoms with van der Waals surface area (Å²) in [7, 11) is 0. The molecule has 298 valence electrons. The predicted octanol–water partition coefficient (Wildman–Crippen LogP) is 15.5. The van der Waals surface area contributed by atoms with E-state index in [9.17, 15) is 0 Å². The Morgan fingerprint density at radius 3 is 1.36 bits per heavy atom. The summed E-state index contributed by atoms with van der Waals surface area (Å²) < 4.78 is 0. The van der Waals surface area contributed by atoms with Crippen LogP contribution in [0.1, 0.15) is 206 Å². The first-order valence-corrected chi connectivity index (χ1v) is 22.7. The minimum atomic E-state index is 0.0197. The summed E-state index contributed by atoms with van der Waals surface area (Å²) in [4.78, 5) is 0. The van der Waals surface area contributed by atoms with Crippen molar-refractivity contribution in [2.75, 3.05) is 11.5 Å². The molecular weight excluding hydrogens is 665 g/mol. The number of unbranched alkanes of at least 4 members (excludes halogenated alkanes) is 9. The van der Waals surface area contributed by atoms with Gasteiger partial charge in [0.1, 0.15) is 0 Å². The lowest BCUT2D eigenvalue weighted by atomic mass is 9.59. The molecule has 0 heterocycles. The van der Waals surface area contributed by atoms with Crippen LogP contribution in [0.2, 0.25) is 0 Å². The van der Waals surface area contributed by atoms with Gasteiger partial charge in [0.05, 0.1) is 0 Å². The van der Waals surface area contributed by atoms with Gasteiger partial charge in [0.15, 0.2) is 0 Å². The maximum atomic E-state index is 6.25. The molecule has 2 unspecified atom stereocenters. The smallest absolute Gasteiger partial charge is 0.0316 e. The number of rotatable bonds is 22. The lowest BCUT2D eigenvalue weighted by Crippen LogP contribution is -2.38. The maximum absolute atomic E-state index is 6.25. The van der Waals surface area contributed by atoms with Crippen LogP contribution in [-0.4, -0.2) is 0 Å². The average molecular weight is 741 g/mol. The van der Waals surface area contributed by atoms with E-state index in [-0.39, 0.29) is 5.41 Å². The summed E-state index contributed by atoms with van der Waals surface area (Å²) in [5.41, 5.74) is 25.7. The van der Waals surface area contributed by atoms with E-state index in [4.69, 9.17) is 11.5 Å². The zero-order valence-corrected chi connectivity index (χ0v) is 35.6. The molecule has 5 rings (SSSR count). The molecule has 0 bridgehead atoms. The molecule has 0 amide bonds. The molecule has 55 heavy (non-hydrogen) atoms. The third kappa shape index (κ3) is 11.1. The van der Waals surface area contributed by atoms with Crippen molar-refractivity contribution in [1.82, 2.24) is 0 Å². The molecular formula is C53H76N2. The Bertz CT molecular complexity index is 1580. The third-order valence-electron chi connectivity index (χ3n) is 13.4. The highest BCUT2D eigenvalue weighted by molar-refractivity contribution is 5.51. The largest absolute Gasteiger partial charge is 0.399 e. The fourth-order valence-electron chi connectivity index (χ4n) is 10.3. The zero-order chi connectivity index (χ0) is 39.0. The van der Waals surface area contributed by atoms with E-state index in [1.54, 1.807) is 11.1 Å². The van der Waals surface area contributed by atoms with E-state index < -0.39 is 0 Å². The van der Waals surface area contributed by atoms with E-state index in [1.807, 2.05) is 0 Å². The first-order chi connectivity index (χ1) is 26.8. The minimum Gasteiger partial charge on any atom is -0.399 e. The van der Waals surface area contributed by atoms with Gasteiger partial charge in [-0.05, 0) is 121 Å². The molecule has 0 radical (unpaired) electrons. The van der Waals surface area contributed by atoms with Gasteiger partial charge >= 0.3 is 0 Å². The summed E-state index contributed by atoms with van der Waals surface area (Å²) in [5.74, 6) is 1.45. The Balaban J connectivity index is 1.58. The molecule has 1 aliphatic carbocycles. The fourth-order valence-corrected chi connectivity index (χ4v) is 10.3. The fraction of sp³-hybridized carbons (Fsp3) is 0.547. The number of hydrogen-bond donors (Lipinski definition) is 2. The van der Waals surface area contributed by atoms with Crippen molar-refractivity contribution in [2.24, 2.45) is 5.92 Å². The highest BCUT2D eigenvalue weighted by atomic mass is 14.5. The second-order valence-corrected chi connectivity index (χ2v) is 17.4. The predicted molar refractivity (Wildman–Crippen MR) is 241 cm³/mol. The minimum absolute atomic E-state index is 0.0197. The lowest BCUT2D eigenvalue weighted by molar-refractivity contribution is 0.220. The molecule has 4 N–H and O–H groups in total. The Morgan fingerprint density at radius 2 is 0.927 bits per heavy atom. The van der Waals surface area contributed by atoms with Crippen LogP contribution in [0.15, 0.2) is 84.9 Å². The number of benzene rings is 4. The van der Waals surface area contributed by atoms with E-state index in [0.29, 0.717) is 17.8 Å². The van der Waals surface area contributed by atoms with E-state index in [1.165, 1.54) is 162 Å². The topological polar surface area (TPSA) is 52.0 Å². The molecule has 2 nitrogen and oxygen atoms in total. The average Bonchev–Trinajstić information content (AvgIpc) is 3.20. The standard InChI is InChI=1S/C53H76N2/c1-6-9-12-13-14-20-37-53(44-21-18-15-19-22-44,45-29-25-42(26-30-45)51(23-16-10-7-2)49-35-33-47(54)38-40(49)4)46-31-27-43(28-32-46)52(24-17-11-8-3)50-36-34-48(55)39-41(50)5/h25-36,38-39,44,51-52H,6-24,37,54-55H2,1-5H3. The molecule has 4 aromatic rings. The SMILES string of the molecule is CCCCCCCCC(c1ccc(C(CCCCC)c2ccc(N)cc2C)cc1)(c1ccc(C(CCCCC)c2ccc(N)cc2C)cc1)C1CCCCC1. The number of nitrogen functional groups attached to an aromatic ring is 2. The number of hydrogen-bond acceptors (Lipinski definition) is 2. The Labute approximate surface area is 337 Å². The van der Waals surface area contributed by atoms with E-state index in [2.05, 4.69) is 120 Å². The first kappa shape index (κ1) is 42.6. The van der Waals surface area contributed by atoms with Crippen molar-refractivity contribution in [1.29, 1.82) is 0 Å². The molecule has 0 saturated heterocycles. The molecule has 1 aliphatic rings. The van der Waals surface area contributed by atoms with Crippen LogP contribution in [0.25, 0.3) is 0 Å². The highest BCUT2D eigenvalue weighted by Gasteiger charge is 2.42. The molecule has 1 saturated carbocycles. The molecule has 2 heteroatoms. The van der Waals surface area contributed by atoms with Gasteiger partial charge in [-0.3, -0.25) is 0 Å². The number of nitrogens with two attached hydrogens (primary N) is 2. The third-order valence-corrected chi connectivity index (χ3v) is 13.4. The van der Waals surface area contributed by atoms with Gasteiger partial charge in [-0.15, -0.1) is 0 Å². The highest BCUT2D eigenvalue weighted by Crippen LogP contribution is 2.50. The van der Waals surface area contributed by atoms with Gasteiger partial charge < -0.3 is 11.5 Å². The van der Waals surface area contributed by atoms with E-state index >= 15 is 0 Å². The second-order valence-electron chi connectivity index (χ2n) is 17.4. The van der Waals surface area contributed by atoms with Crippen LogP contribution >= 0.6 is 0 Å². The van der Waals surface area contributed by atoms with E-state index in [0.717, 1.165) is 11.4 Å². The number of anilines is 2. The van der Waals surface area contributed by atoms with Crippen LogP contribution in [0.4, 0.5) is 11.4 Å². The zero-order valence-electron chi connectivity index (χ0n) is 35.6. The summed E-state index contributed by atoms with van der Waals surface area (Å²) >= 11 is 0. The maximum Gasteiger partial charge on any atom is 0.0316 e. The first-order valence-electron chi connectivity index (χ1n) is 22.7. The molecule has 4 aromatic carbocycles.